The summed E-state index contributed by atoms with van der Waals surface area (Å²) >= 11 is 0. The van der Waals surface area contributed by atoms with Crippen LogP contribution < -0.4 is 5.73 Å². The highest BCUT2D eigenvalue weighted by molar-refractivity contribution is 7.89. The first-order valence-corrected chi connectivity index (χ1v) is 7.33. The second kappa shape index (κ2) is 5.60. The number of rotatable bonds is 6. The summed E-state index contributed by atoms with van der Waals surface area (Å²) in [6.45, 7) is 2.42. The Morgan fingerprint density at radius 3 is 2.58 bits per heavy atom. The van der Waals surface area contributed by atoms with E-state index in [2.05, 4.69) is 0 Å². The monoisotopic (exact) mass is 284 g/mol. The summed E-state index contributed by atoms with van der Waals surface area (Å²) in [4.78, 5) is 0. The SMILES string of the molecule is CCN(Cc1ccco1)S(=O)(=O)c1ccc(CN)o1. The molecule has 0 bridgehead atoms. The molecule has 0 unspecified atom stereocenters. The van der Waals surface area contributed by atoms with Gasteiger partial charge < -0.3 is 14.6 Å². The Morgan fingerprint density at radius 1 is 1.26 bits per heavy atom. The molecule has 0 fully saturated rings. The van der Waals surface area contributed by atoms with Gasteiger partial charge in [-0.1, -0.05) is 6.92 Å². The molecular formula is C12H16N2O4S. The number of sulfonamides is 1. The van der Waals surface area contributed by atoms with E-state index in [1.165, 1.54) is 16.6 Å². The standard InChI is InChI=1S/C12H16N2O4S/c1-2-14(9-11-4-3-7-17-11)19(15,16)12-6-5-10(8-13)18-12/h3-7H,2,8-9,13H2,1H3. The number of furan rings is 2. The van der Waals surface area contributed by atoms with Crippen molar-refractivity contribution in [2.45, 2.75) is 25.1 Å². The third kappa shape index (κ3) is 2.89. The molecule has 104 valence electrons. The lowest BCUT2D eigenvalue weighted by atomic mass is 10.4. The van der Waals surface area contributed by atoms with E-state index in [1.807, 2.05) is 0 Å². The fourth-order valence-electron chi connectivity index (χ4n) is 1.68. The molecule has 0 aromatic carbocycles. The molecule has 7 heteroatoms. The van der Waals surface area contributed by atoms with Gasteiger partial charge in [0, 0.05) is 6.54 Å². The van der Waals surface area contributed by atoms with Crippen molar-refractivity contribution in [3.63, 3.8) is 0 Å². The summed E-state index contributed by atoms with van der Waals surface area (Å²) in [6.07, 6.45) is 1.51. The van der Waals surface area contributed by atoms with Gasteiger partial charge in [-0.3, -0.25) is 0 Å². The minimum Gasteiger partial charge on any atom is -0.468 e. The first kappa shape index (κ1) is 13.9. The molecular weight excluding hydrogens is 268 g/mol. The van der Waals surface area contributed by atoms with E-state index >= 15 is 0 Å². The zero-order chi connectivity index (χ0) is 13.9. The van der Waals surface area contributed by atoms with Gasteiger partial charge in [-0.2, -0.15) is 4.31 Å². The Hall–Kier alpha value is -1.57. The molecule has 0 saturated carbocycles. The van der Waals surface area contributed by atoms with Crippen molar-refractivity contribution in [1.82, 2.24) is 4.31 Å². The molecule has 0 amide bonds. The van der Waals surface area contributed by atoms with Crippen molar-refractivity contribution in [2.24, 2.45) is 5.73 Å². The molecule has 2 N–H and O–H groups in total. The molecule has 2 aromatic rings. The van der Waals surface area contributed by atoms with Gasteiger partial charge in [-0.15, -0.1) is 0 Å². The summed E-state index contributed by atoms with van der Waals surface area (Å²) in [5.74, 6) is 1.02. The van der Waals surface area contributed by atoms with Crippen LogP contribution in [0.2, 0.25) is 0 Å². The molecule has 0 aliphatic heterocycles. The molecule has 0 aliphatic rings. The van der Waals surface area contributed by atoms with Crippen LogP contribution in [0.3, 0.4) is 0 Å². The predicted octanol–water partition coefficient (Wildman–Crippen LogP) is 1.54. The minimum absolute atomic E-state index is 0.0960. The highest BCUT2D eigenvalue weighted by Crippen LogP contribution is 2.20. The Morgan fingerprint density at radius 2 is 2.05 bits per heavy atom. The van der Waals surface area contributed by atoms with Crippen LogP contribution in [0, 0.1) is 0 Å². The summed E-state index contributed by atoms with van der Waals surface area (Å²) in [5, 5.41) is -0.0960. The van der Waals surface area contributed by atoms with Gasteiger partial charge in [-0.25, -0.2) is 8.42 Å². The van der Waals surface area contributed by atoms with Crippen molar-refractivity contribution in [1.29, 1.82) is 0 Å². The smallest absolute Gasteiger partial charge is 0.276 e. The van der Waals surface area contributed by atoms with Crippen LogP contribution in [0.4, 0.5) is 0 Å². The van der Waals surface area contributed by atoms with Crippen LogP contribution >= 0.6 is 0 Å². The number of hydrogen-bond acceptors (Lipinski definition) is 5. The fraction of sp³-hybridized carbons (Fsp3) is 0.333. The average molecular weight is 284 g/mol. The first-order chi connectivity index (χ1) is 9.07. The lowest BCUT2D eigenvalue weighted by molar-refractivity contribution is 0.350. The predicted molar refractivity (Wildman–Crippen MR) is 68.6 cm³/mol. The van der Waals surface area contributed by atoms with E-state index in [0.717, 1.165) is 0 Å². The maximum Gasteiger partial charge on any atom is 0.276 e. The molecule has 2 rings (SSSR count). The van der Waals surface area contributed by atoms with Crippen molar-refractivity contribution in [3.8, 4) is 0 Å². The molecule has 0 radical (unpaired) electrons. The molecule has 0 aliphatic carbocycles. The van der Waals surface area contributed by atoms with E-state index in [1.54, 1.807) is 25.1 Å². The van der Waals surface area contributed by atoms with E-state index in [9.17, 15) is 8.42 Å². The topological polar surface area (TPSA) is 89.7 Å². The lowest BCUT2D eigenvalue weighted by Crippen LogP contribution is -2.30. The molecule has 6 nitrogen and oxygen atoms in total. The van der Waals surface area contributed by atoms with Gasteiger partial charge in [-0.05, 0) is 24.3 Å². The number of nitrogens with zero attached hydrogens (tertiary/aromatic N) is 1. The van der Waals surface area contributed by atoms with E-state index in [4.69, 9.17) is 14.6 Å². The normalized spacial score (nSPS) is 12.2. The fourth-order valence-corrected chi connectivity index (χ4v) is 3.02. The molecule has 0 spiro atoms. The van der Waals surface area contributed by atoms with Gasteiger partial charge in [0.2, 0.25) is 5.09 Å². The molecule has 0 saturated heterocycles. The zero-order valence-electron chi connectivity index (χ0n) is 10.6. The Labute approximate surface area is 111 Å². The first-order valence-electron chi connectivity index (χ1n) is 5.89. The van der Waals surface area contributed by atoms with Gasteiger partial charge in [0.05, 0.1) is 19.4 Å². The van der Waals surface area contributed by atoms with Crippen LogP contribution in [0.15, 0.2) is 44.5 Å². The number of hydrogen-bond donors (Lipinski definition) is 1. The summed E-state index contributed by atoms with van der Waals surface area (Å²) in [7, 11) is -3.67. The molecule has 0 atom stereocenters. The van der Waals surface area contributed by atoms with Crippen LogP contribution in [-0.4, -0.2) is 19.3 Å². The lowest BCUT2D eigenvalue weighted by Gasteiger charge is -2.17. The van der Waals surface area contributed by atoms with Crippen molar-refractivity contribution >= 4 is 10.0 Å². The Bertz CT molecular complexity index is 616. The molecule has 2 heterocycles. The Balaban J connectivity index is 2.25. The average Bonchev–Trinajstić information content (AvgIpc) is 3.06. The van der Waals surface area contributed by atoms with Crippen LogP contribution in [0.1, 0.15) is 18.4 Å². The maximum atomic E-state index is 12.4. The number of nitrogens with two attached hydrogens (primary N) is 1. The summed E-state index contributed by atoms with van der Waals surface area (Å²) in [6, 6.07) is 6.43. The van der Waals surface area contributed by atoms with E-state index in [0.29, 0.717) is 18.1 Å². The van der Waals surface area contributed by atoms with Crippen LogP contribution in [-0.2, 0) is 23.1 Å². The van der Waals surface area contributed by atoms with Crippen molar-refractivity contribution in [3.05, 3.63) is 42.0 Å². The molecule has 2 aromatic heterocycles. The van der Waals surface area contributed by atoms with Crippen molar-refractivity contribution < 1.29 is 17.3 Å². The summed E-state index contributed by atoms with van der Waals surface area (Å²) < 4.78 is 36.4. The Kier molecular flexibility index (Phi) is 4.08. The van der Waals surface area contributed by atoms with Gasteiger partial charge >= 0.3 is 0 Å². The highest BCUT2D eigenvalue weighted by Gasteiger charge is 2.27. The van der Waals surface area contributed by atoms with Crippen LogP contribution in [0.25, 0.3) is 0 Å². The second-order valence-corrected chi connectivity index (χ2v) is 5.80. The van der Waals surface area contributed by atoms with Gasteiger partial charge in [0.15, 0.2) is 0 Å². The third-order valence-corrected chi connectivity index (χ3v) is 4.49. The minimum atomic E-state index is -3.67. The second-order valence-electron chi connectivity index (χ2n) is 3.94. The van der Waals surface area contributed by atoms with Gasteiger partial charge in [0.25, 0.3) is 10.0 Å². The van der Waals surface area contributed by atoms with Gasteiger partial charge in [0.1, 0.15) is 11.5 Å². The largest absolute Gasteiger partial charge is 0.468 e. The summed E-state index contributed by atoms with van der Waals surface area (Å²) in [5.41, 5.74) is 5.41. The molecule has 19 heavy (non-hydrogen) atoms. The van der Waals surface area contributed by atoms with Crippen LogP contribution in [0.5, 0.6) is 0 Å². The van der Waals surface area contributed by atoms with E-state index in [-0.39, 0.29) is 18.2 Å². The zero-order valence-corrected chi connectivity index (χ0v) is 11.4. The third-order valence-electron chi connectivity index (χ3n) is 2.70. The van der Waals surface area contributed by atoms with E-state index < -0.39 is 10.0 Å². The quantitative estimate of drug-likeness (QED) is 0.869. The maximum absolute atomic E-state index is 12.4. The highest BCUT2D eigenvalue weighted by atomic mass is 32.2. The van der Waals surface area contributed by atoms with Crippen molar-refractivity contribution in [2.75, 3.05) is 6.54 Å².